The Morgan fingerprint density at radius 2 is 1.69 bits per heavy atom. The molecule has 172 valence electrons. The zero-order valence-corrected chi connectivity index (χ0v) is 19.0. The number of ether oxygens (including phenoxy) is 1. The van der Waals surface area contributed by atoms with Gasteiger partial charge in [-0.05, 0) is 46.8 Å². The Balaban J connectivity index is 1.19. The lowest BCUT2D eigenvalue weighted by Gasteiger charge is -2.12. The van der Waals surface area contributed by atoms with Gasteiger partial charge >= 0.3 is 0 Å². The molecule has 0 aliphatic rings. The molecule has 0 aliphatic carbocycles. The standard InChI is InChI=1S/C28H24N6O/c1-2-4-19(5-3-1)18-35-22-15-25-23(9-12-30-25)26(16-22)33-28-31-13-10-27(34-28)32-17-20-6-7-24-21(14-20)8-11-29-24/h1-16,29-30H,17-18H2,(H2,31,32,33,34). The van der Waals surface area contributed by atoms with Gasteiger partial charge in [0, 0.05) is 48.2 Å². The molecule has 0 saturated heterocycles. The van der Waals surface area contributed by atoms with E-state index in [2.05, 4.69) is 67.0 Å². The molecule has 7 nitrogen and oxygen atoms in total. The van der Waals surface area contributed by atoms with E-state index in [0.717, 1.165) is 39.2 Å². The van der Waals surface area contributed by atoms with Crippen LogP contribution in [0.5, 0.6) is 5.75 Å². The Morgan fingerprint density at radius 1 is 0.800 bits per heavy atom. The average molecular weight is 461 g/mol. The minimum absolute atomic E-state index is 0.497. The molecule has 3 aromatic carbocycles. The molecule has 0 unspecified atom stereocenters. The summed E-state index contributed by atoms with van der Waals surface area (Å²) in [6, 6.07) is 26.4. The van der Waals surface area contributed by atoms with E-state index < -0.39 is 0 Å². The lowest BCUT2D eigenvalue weighted by atomic mass is 10.1. The maximum Gasteiger partial charge on any atom is 0.229 e. The van der Waals surface area contributed by atoms with Crippen LogP contribution in [0.25, 0.3) is 21.8 Å². The first kappa shape index (κ1) is 20.8. The van der Waals surface area contributed by atoms with Gasteiger partial charge in [-0.25, -0.2) is 4.98 Å². The molecule has 7 heteroatoms. The SMILES string of the molecule is c1ccc(COc2cc(Nc3nccc(NCc4ccc5[nH]ccc5c4)n3)c3cc[nH]c3c2)cc1. The summed E-state index contributed by atoms with van der Waals surface area (Å²) >= 11 is 0. The number of hydrogen-bond donors (Lipinski definition) is 4. The van der Waals surface area contributed by atoms with Crippen molar-refractivity contribution < 1.29 is 4.74 Å². The Hall–Kier alpha value is -4.78. The van der Waals surface area contributed by atoms with Crippen LogP contribution in [0.2, 0.25) is 0 Å². The van der Waals surface area contributed by atoms with Crippen LogP contribution in [0.15, 0.2) is 97.5 Å². The molecule has 0 fully saturated rings. The highest BCUT2D eigenvalue weighted by molar-refractivity contribution is 5.94. The van der Waals surface area contributed by atoms with E-state index in [0.29, 0.717) is 19.1 Å². The summed E-state index contributed by atoms with van der Waals surface area (Å²) in [5, 5.41) is 8.99. The minimum Gasteiger partial charge on any atom is -0.489 e. The van der Waals surface area contributed by atoms with Crippen molar-refractivity contribution in [2.45, 2.75) is 13.2 Å². The lowest BCUT2D eigenvalue weighted by Crippen LogP contribution is -2.04. The van der Waals surface area contributed by atoms with Crippen LogP contribution in [-0.2, 0) is 13.2 Å². The number of benzene rings is 3. The first-order valence-electron chi connectivity index (χ1n) is 11.5. The molecule has 0 aliphatic heterocycles. The molecule has 0 spiro atoms. The monoisotopic (exact) mass is 460 g/mol. The molecule has 3 heterocycles. The summed E-state index contributed by atoms with van der Waals surface area (Å²) in [5.41, 5.74) is 5.29. The van der Waals surface area contributed by atoms with Crippen molar-refractivity contribution in [2.24, 2.45) is 0 Å². The number of nitrogens with one attached hydrogen (secondary N) is 4. The fourth-order valence-corrected chi connectivity index (χ4v) is 4.11. The highest BCUT2D eigenvalue weighted by Gasteiger charge is 2.09. The summed E-state index contributed by atoms with van der Waals surface area (Å²) in [6.45, 7) is 1.17. The molecule has 3 aromatic heterocycles. The molecule has 0 bridgehead atoms. The molecule has 6 rings (SSSR count). The van der Waals surface area contributed by atoms with E-state index in [4.69, 9.17) is 4.74 Å². The van der Waals surface area contributed by atoms with Gasteiger partial charge in [0.15, 0.2) is 0 Å². The van der Waals surface area contributed by atoms with Crippen LogP contribution in [0.3, 0.4) is 0 Å². The van der Waals surface area contributed by atoms with Gasteiger partial charge in [-0.3, -0.25) is 0 Å². The first-order valence-corrected chi connectivity index (χ1v) is 11.5. The summed E-state index contributed by atoms with van der Waals surface area (Å²) in [6.07, 6.45) is 5.61. The smallest absolute Gasteiger partial charge is 0.229 e. The van der Waals surface area contributed by atoms with Crippen molar-refractivity contribution in [1.82, 2.24) is 19.9 Å². The number of hydrogen-bond acceptors (Lipinski definition) is 5. The summed E-state index contributed by atoms with van der Waals surface area (Å²) in [5.74, 6) is 2.03. The Labute approximate surface area is 202 Å². The number of aromatic nitrogens is 4. The normalized spacial score (nSPS) is 11.1. The number of fused-ring (bicyclic) bond motifs is 2. The molecule has 6 aromatic rings. The van der Waals surface area contributed by atoms with Gasteiger partial charge in [0.05, 0.1) is 11.2 Å². The van der Waals surface area contributed by atoms with Crippen molar-refractivity contribution in [3.63, 3.8) is 0 Å². The minimum atomic E-state index is 0.497. The Morgan fingerprint density at radius 3 is 2.63 bits per heavy atom. The average Bonchev–Trinajstić information content (AvgIpc) is 3.56. The van der Waals surface area contributed by atoms with E-state index in [1.165, 1.54) is 10.9 Å². The van der Waals surface area contributed by atoms with Crippen molar-refractivity contribution in [3.8, 4) is 5.75 Å². The molecular formula is C28H24N6O. The van der Waals surface area contributed by atoms with Crippen molar-refractivity contribution in [3.05, 3.63) is 109 Å². The topological polar surface area (TPSA) is 90.7 Å². The van der Waals surface area contributed by atoms with Gasteiger partial charge in [0.1, 0.15) is 18.2 Å². The molecule has 0 atom stereocenters. The number of nitrogens with zero attached hydrogens (tertiary/aromatic N) is 2. The fourth-order valence-electron chi connectivity index (χ4n) is 4.11. The van der Waals surface area contributed by atoms with Crippen LogP contribution in [-0.4, -0.2) is 19.9 Å². The maximum atomic E-state index is 6.07. The quantitative estimate of drug-likeness (QED) is 0.212. The molecule has 4 N–H and O–H groups in total. The van der Waals surface area contributed by atoms with Crippen LogP contribution in [0.4, 0.5) is 17.5 Å². The van der Waals surface area contributed by atoms with Crippen LogP contribution < -0.4 is 15.4 Å². The van der Waals surface area contributed by atoms with Gasteiger partial charge in [-0.2, -0.15) is 4.98 Å². The second-order valence-corrected chi connectivity index (χ2v) is 8.33. The van der Waals surface area contributed by atoms with Crippen LogP contribution >= 0.6 is 0 Å². The number of anilines is 3. The van der Waals surface area contributed by atoms with E-state index in [9.17, 15) is 0 Å². The molecule has 35 heavy (non-hydrogen) atoms. The van der Waals surface area contributed by atoms with Crippen molar-refractivity contribution in [2.75, 3.05) is 10.6 Å². The maximum absolute atomic E-state index is 6.07. The van der Waals surface area contributed by atoms with E-state index in [1.807, 2.05) is 54.9 Å². The molecule has 0 amide bonds. The number of rotatable bonds is 8. The van der Waals surface area contributed by atoms with E-state index in [-0.39, 0.29) is 0 Å². The summed E-state index contributed by atoms with van der Waals surface area (Å²) < 4.78 is 6.07. The van der Waals surface area contributed by atoms with Gasteiger partial charge in [-0.1, -0.05) is 36.4 Å². The Bertz CT molecular complexity index is 1590. The predicted molar refractivity (Wildman–Crippen MR) is 140 cm³/mol. The first-order chi connectivity index (χ1) is 17.3. The van der Waals surface area contributed by atoms with Gasteiger partial charge in [-0.15, -0.1) is 0 Å². The van der Waals surface area contributed by atoms with Crippen LogP contribution in [0.1, 0.15) is 11.1 Å². The summed E-state index contributed by atoms with van der Waals surface area (Å²) in [7, 11) is 0. The fraction of sp³-hybridized carbons (Fsp3) is 0.0714. The van der Waals surface area contributed by atoms with Crippen molar-refractivity contribution in [1.29, 1.82) is 0 Å². The lowest BCUT2D eigenvalue weighted by molar-refractivity contribution is 0.307. The predicted octanol–water partition coefficient (Wildman–Crippen LogP) is 6.37. The van der Waals surface area contributed by atoms with Gasteiger partial charge < -0.3 is 25.3 Å². The zero-order valence-electron chi connectivity index (χ0n) is 19.0. The van der Waals surface area contributed by atoms with Crippen molar-refractivity contribution >= 4 is 39.3 Å². The largest absolute Gasteiger partial charge is 0.489 e. The zero-order chi connectivity index (χ0) is 23.5. The Kier molecular flexibility index (Phi) is 5.48. The highest BCUT2D eigenvalue weighted by Crippen LogP contribution is 2.31. The third-order valence-electron chi connectivity index (χ3n) is 5.88. The third kappa shape index (κ3) is 4.65. The number of aromatic amines is 2. The second-order valence-electron chi connectivity index (χ2n) is 8.33. The van der Waals surface area contributed by atoms with Gasteiger partial charge in [0.2, 0.25) is 5.95 Å². The third-order valence-corrected chi connectivity index (χ3v) is 5.88. The van der Waals surface area contributed by atoms with Crippen LogP contribution in [0, 0.1) is 0 Å². The summed E-state index contributed by atoms with van der Waals surface area (Å²) in [4.78, 5) is 15.6. The van der Waals surface area contributed by atoms with E-state index in [1.54, 1.807) is 6.20 Å². The molecule has 0 radical (unpaired) electrons. The number of H-pyrrole nitrogens is 2. The van der Waals surface area contributed by atoms with E-state index >= 15 is 0 Å². The molecular weight excluding hydrogens is 436 g/mol. The molecule has 0 saturated carbocycles. The highest BCUT2D eigenvalue weighted by atomic mass is 16.5. The van der Waals surface area contributed by atoms with Gasteiger partial charge in [0.25, 0.3) is 0 Å². The second kappa shape index (κ2) is 9.23.